The fourth-order valence-electron chi connectivity index (χ4n) is 2.82. The molecule has 2 rings (SSSR count). The molecule has 2 aromatic carbocycles. The number of anilines is 1. The van der Waals surface area contributed by atoms with Crippen molar-refractivity contribution >= 4 is 23.5 Å². The second kappa shape index (κ2) is 10.8. The Morgan fingerprint density at radius 1 is 1.03 bits per heavy atom. The van der Waals surface area contributed by atoms with E-state index in [9.17, 15) is 14.4 Å². The van der Waals surface area contributed by atoms with Crippen LogP contribution in [0.1, 0.15) is 29.8 Å². The van der Waals surface area contributed by atoms with Crippen LogP contribution in [0.25, 0.3) is 0 Å². The molecule has 2 amide bonds. The summed E-state index contributed by atoms with van der Waals surface area (Å²) < 4.78 is 10.2. The molecular formula is C22H26N2O5. The number of methoxy groups -OCH3 is 1. The predicted molar refractivity (Wildman–Crippen MR) is 110 cm³/mol. The van der Waals surface area contributed by atoms with E-state index < -0.39 is 5.97 Å². The normalized spacial score (nSPS) is 10.2. The molecule has 0 aliphatic carbocycles. The van der Waals surface area contributed by atoms with Crippen LogP contribution in [0.15, 0.2) is 48.5 Å². The van der Waals surface area contributed by atoms with Crippen molar-refractivity contribution in [2.45, 2.75) is 20.3 Å². The van der Waals surface area contributed by atoms with Crippen LogP contribution in [0.3, 0.4) is 0 Å². The lowest BCUT2D eigenvalue weighted by Crippen LogP contribution is -2.40. The number of amides is 2. The Morgan fingerprint density at radius 2 is 1.72 bits per heavy atom. The smallest absolute Gasteiger partial charge is 0.338 e. The molecule has 2 aromatic rings. The van der Waals surface area contributed by atoms with Crippen LogP contribution in [-0.4, -0.2) is 44.6 Å². The van der Waals surface area contributed by atoms with Crippen LogP contribution >= 0.6 is 0 Å². The number of carbonyl (C=O) groups excluding carboxylic acids is 3. The van der Waals surface area contributed by atoms with Crippen molar-refractivity contribution in [1.82, 2.24) is 5.32 Å². The largest absolute Gasteiger partial charge is 0.496 e. The second-order valence-corrected chi connectivity index (χ2v) is 6.28. The number of rotatable bonds is 9. The van der Waals surface area contributed by atoms with Crippen LogP contribution in [-0.2, 0) is 20.7 Å². The zero-order valence-corrected chi connectivity index (χ0v) is 16.9. The highest BCUT2D eigenvalue weighted by molar-refractivity contribution is 5.98. The van der Waals surface area contributed by atoms with Crippen LogP contribution in [0, 0.1) is 0 Å². The molecule has 0 radical (unpaired) electrons. The number of benzene rings is 2. The van der Waals surface area contributed by atoms with Crippen molar-refractivity contribution in [2.24, 2.45) is 0 Å². The van der Waals surface area contributed by atoms with Gasteiger partial charge in [0, 0.05) is 19.2 Å². The molecule has 154 valence electrons. The number of ether oxygens (including phenoxy) is 2. The highest BCUT2D eigenvalue weighted by atomic mass is 16.5. The van der Waals surface area contributed by atoms with E-state index in [-0.39, 0.29) is 25.0 Å². The summed E-state index contributed by atoms with van der Waals surface area (Å²) in [6, 6.07) is 14.0. The van der Waals surface area contributed by atoms with Gasteiger partial charge in [-0.25, -0.2) is 4.79 Å². The maximum absolute atomic E-state index is 12.3. The zero-order chi connectivity index (χ0) is 21.2. The highest BCUT2D eigenvalue weighted by Gasteiger charge is 2.16. The summed E-state index contributed by atoms with van der Waals surface area (Å²) in [5, 5.41) is 2.82. The van der Waals surface area contributed by atoms with Gasteiger partial charge in [0.25, 0.3) is 0 Å². The average Bonchev–Trinajstić information content (AvgIpc) is 2.72. The van der Waals surface area contributed by atoms with E-state index >= 15 is 0 Å². The second-order valence-electron chi connectivity index (χ2n) is 6.28. The van der Waals surface area contributed by atoms with Crippen molar-refractivity contribution in [3.8, 4) is 5.75 Å². The van der Waals surface area contributed by atoms with Gasteiger partial charge in [0.2, 0.25) is 11.8 Å². The number of carbonyl (C=O) groups is 3. The molecule has 0 aliphatic rings. The minimum atomic E-state index is -0.428. The Balaban J connectivity index is 1.95. The number of nitrogens with one attached hydrogen (secondary N) is 1. The Hall–Kier alpha value is -3.35. The van der Waals surface area contributed by atoms with Crippen molar-refractivity contribution in [2.75, 3.05) is 31.7 Å². The Kier molecular flexibility index (Phi) is 8.21. The zero-order valence-electron chi connectivity index (χ0n) is 16.9. The first-order chi connectivity index (χ1) is 14.0. The molecule has 0 spiro atoms. The molecule has 0 aliphatic heterocycles. The molecule has 0 saturated carbocycles. The summed E-state index contributed by atoms with van der Waals surface area (Å²) in [5.74, 6) is -0.199. The van der Waals surface area contributed by atoms with Gasteiger partial charge < -0.3 is 19.7 Å². The number of para-hydroxylation sites is 1. The summed E-state index contributed by atoms with van der Waals surface area (Å²) in [5.41, 5.74) is 1.92. The molecule has 0 fully saturated rings. The van der Waals surface area contributed by atoms with Crippen LogP contribution in [0.5, 0.6) is 5.75 Å². The van der Waals surface area contributed by atoms with Crippen molar-refractivity contribution in [3.63, 3.8) is 0 Å². The van der Waals surface area contributed by atoms with Gasteiger partial charge in [0.15, 0.2) is 0 Å². The predicted octanol–water partition coefficient (Wildman–Crippen LogP) is 2.58. The van der Waals surface area contributed by atoms with Crippen LogP contribution < -0.4 is 15.0 Å². The van der Waals surface area contributed by atoms with Gasteiger partial charge in [-0.05, 0) is 49.2 Å². The number of esters is 1. The fourth-order valence-corrected chi connectivity index (χ4v) is 2.82. The minimum absolute atomic E-state index is 0.111. The summed E-state index contributed by atoms with van der Waals surface area (Å²) in [7, 11) is 1.61. The molecule has 0 heterocycles. The van der Waals surface area contributed by atoms with Gasteiger partial charge in [-0.2, -0.15) is 0 Å². The maximum Gasteiger partial charge on any atom is 0.338 e. The first-order valence-electron chi connectivity index (χ1n) is 9.40. The monoisotopic (exact) mass is 398 g/mol. The fraction of sp³-hybridized carbons (Fsp3) is 0.318. The van der Waals surface area contributed by atoms with E-state index in [1.165, 1.54) is 11.8 Å². The highest BCUT2D eigenvalue weighted by Crippen LogP contribution is 2.18. The lowest BCUT2D eigenvalue weighted by molar-refractivity contribution is -0.123. The average molecular weight is 398 g/mol. The molecule has 29 heavy (non-hydrogen) atoms. The lowest BCUT2D eigenvalue weighted by atomic mass is 10.1. The summed E-state index contributed by atoms with van der Waals surface area (Å²) in [6.07, 6.45) is 0.615. The molecule has 0 bridgehead atoms. The van der Waals surface area contributed by atoms with E-state index in [4.69, 9.17) is 9.47 Å². The molecule has 0 unspecified atom stereocenters. The molecular weight excluding hydrogens is 372 g/mol. The molecule has 0 aromatic heterocycles. The summed E-state index contributed by atoms with van der Waals surface area (Å²) in [6.45, 7) is 3.72. The Labute approximate surface area is 170 Å². The van der Waals surface area contributed by atoms with E-state index in [1.54, 1.807) is 38.3 Å². The van der Waals surface area contributed by atoms with Gasteiger partial charge >= 0.3 is 5.97 Å². The maximum atomic E-state index is 12.3. The standard InChI is InChI=1S/C22H26N2O5/c1-4-29-22(27)18-9-11-19(12-10-18)24(16(2)25)15-21(26)23-14-13-17-7-5-6-8-20(17)28-3/h5-12H,4,13-15H2,1-3H3,(H,23,26). The Bertz CT molecular complexity index is 849. The van der Waals surface area contributed by atoms with E-state index in [0.29, 0.717) is 24.2 Å². The van der Waals surface area contributed by atoms with E-state index in [2.05, 4.69) is 5.32 Å². The summed E-state index contributed by atoms with van der Waals surface area (Å²) in [4.78, 5) is 37.4. The van der Waals surface area contributed by atoms with Gasteiger partial charge in [0.05, 0.1) is 19.3 Å². The van der Waals surface area contributed by atoms with E-state index in [0.717, 1.165) is 11.3 Å². The van der Waals surface area contributed by atoms with Gasteiger partial charge in [0.1, 0.15) is 12.3 Å². The Morgan fingerprint density at radius 3 is 2.34 bits per heavy atom. The third-order valence-electron chi connectivity index (χ3n) is 4.28. The van der Waals surface area contributed by atoms with E-state index in [1.807, 2.05) is 24.3 Å². The van der Waals surface area contributed by atoms with Crippen molar-refractivity contribution < 1.29 is 23.9 Å². The third kappa shape index (κ3) is 6.34. The lowest BCUT2D eigenvalue weighted by Gasteiger charge is -2.21. The van der Waals surface area contributed by atoms with Gasteiger partial charge in [-0.1, -0.05) is 18.2 Å². The van der Waals surface area contributed by atoms with Crippen molar-refractivity contribution in [3.05, 3.63) is 59.7 Å². The van der Waals surface area contributed by atoms with Crippen molar-refractivity contribution in [1.29, 1.82) is 0 Å². The molecule has 0 atom stereocenters. The molecule has 1 N–H and O–H groups in total. The molecule has 0 saturated heterocycles. The van der Waals surface area contributed by atoms with Crippen LogP contribution in [0.2, 0.25) is 0 Å². The molecule has 7 nitrogen and oxygen atoms in total. The van der Waals surface area contributed by atoms with Gasteiger partial charge in [-0.15, -0.1) is 0 Å². The number of hydrogen-bond donors (Lipinski definition) is 1. The minimum Gasteiger partial charge on any atom is -0.496 e. The number of hydrogen-bond acceptors (Lipinski definition) is 5. The number of nitrogens with zero attached hydrogens (tertiary/aromatic N) is 1. The first-order valence-corrected chi connectivity index (χ1v) is 9.40. The quantitative estimate of drug-likeness (QED) is 0.657. The third-order valence-corrected chi connectivity index (χ3v) is 4.28. The summed E-state index contributed by atoms with van der Waals surface area (Å²) >= 11 is 0. The molecule has 7 heteroatoms. The SMILES string of the molecule is CCOC(=O)c1ccc(N(CC(=O)NCCc2ccccc2OC)C(C)=O)cc1. The topological polar surface area (TPSA) is 84.9 Å². The first kappa shape index (κ1) is 21.9. The van der Waals surface area contributed by atoms with Crippen LogP contribution in [0.4, 0.5) is 5.69 Å². The van der Waals surface area contributed by atoms with Gasteiger partial charge in [-0.3, -0.25) is 9.59 Å².